The van der Waals surface area contributed by atoms with Crippen molar-refractivity contribution in [1.29, 1.82) is 0 Å². The van der Waals surface area contributed by atoms with Crippen LogP contribution in [0.25, 0.3) is 11.0 Å². The Balaban J connectivity index is 2.03. The van der Waals surface area contributed by atoms with Crippen LogP contribution in [-0.4, -0.2) is 19.7 Å². The first-order valence-electron chi connectivity index (χ1n) is 7.23. The SMILES string of the molecule is CCOc1ccc2c(=S)cc(N3CCCCC3)oc2c1. The number of nitrogens with zero attached hydrogens (tertiary/aromatic N) is 1. The fourth-order valence-corrected chi connectivity index (χ4v) is 2.92. The summed E-state index contributed by atoms with van der Waals surface area (Å²) < 4.78 is 12.4. The van der Waals surface area contributed by atoms with Gasteiger partial charge in [0.05, 0.1) is 11.1 Å². The summed E-state index contributed by atoms with van der Waals surface area (Å²) in [6.07, 6.45) is 3.75. The zero-order valence-electron chi connectivity index (χ0n) is 11.7. The quantitative estimate of drug-likeness (QED) is 0.774. The fourth-order valence-electron chi connectivity index (χ4n) is 2.65. The largest absolute Gasteiger partial charge is 0.494 e. The predicted octanol–water partition coefficient (Wildman–Crippen LogP) is 4.55. The van der Waals surface area contributed by atoms with Crippen molar-refractivity contribution in [2.75, 3.05) is 24.6 Å². The molecule has 0 amide bonds. The van der Waals surface area contributed by atoms with Crippen molar-refractivity contribution in [2.24, 2.45) is 0 Å². The van der Waals surface area contributed by atoms with E-state index in [4.69, 9.17) is 21.4 Å². The fraction of sp³-hybridized carbons (Fsp3) is 0.438. The average molecular weight is 289 g/mol. The van der Waals surface area contributed by atoms with E-state index < -0.39 is 0 Å². The van der Waals surface area contributed by atoms with E-state index in [9.17, 15) is 0 Å². The van der Waals surface area contributed by atoms with Crippen molar-refractivity contribution in [2.45, 2.75) is 26.2 Å². The second kappa shape index (κ2) is 5.83. The highest BCUT2D eigenvalue weighted by Gasteiger charge is 2.14. The van der Waals surface area contributed by atoms with Crippen LogP contribution in [0, 0.1) is 4.51 Å². The lowest BCUT2D eigenvalue weighted by Crippen LogP contribution is -2.29. The Labute approximate surface area is 124 Å². The molecular formula is C16H19NO2S. The van der Waals surface area contributed by atoms with E-state index >= 15 is 0 Å². The van der Waals surface area contributed by atoms with E-state index in [0.717, 1.165) is 40.2 Å². The first-order valence-corrected chi connectivity index (χ1v) is 7.64. The van der Waals surface area contributed by atoms with Gasteiger partial charge in [0, 0.05) is 30.6 Å². The van der Waals surface area contributed by atoms with Crippen LogP contribution in [-0.2, 0) is 0 Å². The Morgan fingerprint density at radius 3 is 2.75 bits per heavy atom. The summed E-state index contributed by atoms with van der Waals surface area (Å²) in [5.41, 5.74) is 0.809. The Hall–Kier alpha value is -1.55. The molecule has 1 aromatic heterocycles. The lowest BCUT2D eigenvalue weighted by atomic mass is 10.1. The number of benzene rings is 1. The lowest BCUT2D eigenvalue weighted by molar-refractivity contribution is 0.340. The summed E-state index contributed by atoms with van der Waals surface area (Å²) >= 11 is 5.49. The number of rotatable bonds is 3. The molecule has 0 bridgehead atoms. The minimum Gasteiger partial charge on any atom is -0.494 e. The molecule has 0 spiro atoms. The molecule has 1 aromatic carbocycles. The van der Waals surface area contributed by atoms with E-state index in [1.54, 1.807) is 0 Å². The molecule has 1 aliphatic heterocycles. The molecule has 0 saturated carbocycles. The van der Waals surface area contributed by atoms with Gasteiger partial charge in [0.25, 0.3) is 0 Å². The minimum absolute atomic E-state index is 0.651. The zero-order valence-corrected chi connectivity index (χ0v) is 12.5. The number of ether oxygens (including phenoxy) is 1. The molecule has 0 radical (unpaired) electrons. The van der Waals surface area contributed by atoms with Crippen molar-refractivity contribution < 1.29 is 9.15 Å². The summed E-state index contributed by atoms with van der Waals surface area (Å²) in [6, 6.07) is 7.83. The van der Waals surface area contributed by atoms with E-state index in [0.29, 0.717) is 6.61 Å². The second-order valence-corrected chi connectivity index (χ2v) is 5.53. The first kappa shape index (κ1) is 13.4. The summed E-state index contributed by atoms with van der Waals surface area (Å²) in [5.74, 6) is 1.71. The van der Waals surface area contributed by atoms with Crippen LogP contribution in [0.2, 0.25) is 0 Å². The number of anilines is 1. The van der Waals surface area contributed by atoms with E-state index in [1.165, 1.54) is 19.3 Å². The highest BCUT2D eigenvalue weighted by atomic mass is 32.1. The maximum absolute atomic E-state index is 6.05. The highest BCUT2D eigenvalue weighted by Crippen LogP contribution is 2.28. The van der Waals surface area contributed by atoms with Gasteiger partial charge >= 0.3 is 0 Å². The standard InChI is InChI=1S/C16H19NO2S/c1-2-18-12-6-7-13-14(10-12)19-16(11-15(13)20)17-8-4-3-5-9-17/h6-7,10-11H,2-5,8-9H2,1H3. The Morgan fingerprint density at radius 2 is 2.00 bits per heavy atom. The maximum atomic E-state index is 6.05. The number of hydrogen-bond donors (Lipinski definition) is 0. The van der Waals surface area contributed by atoms with Crippen LogP contribution in [0.1, 0.15) is 26.2 Å². The van der Waals surface area contributed by atoms with Gasteiger partial charge in [-0.25, -0.2) is 0 Å². The molecular weight excluding hydrogens is 270 g/mol. The third kappa shape index (κ3) is 2.66. The average Bonchev–Trinajstić information content (AvgIpc) is 2.48. The topological polar surface area (TPSA) is 25.6 Å². The predicted molar refractivity (Wildman–Crippen MR) is 84.3 cm³/mol. The van der Waals surface area contributed by atoms with Gasteiger partial charge < -0.3 is 14.1 Å². The maximum Gasteiger partial charge on any atom is 0.197 e. The first-order chi connectivity index (χ1) is 9.78. The molecule has 2 heterocycles. The van der Waals surface area contributed by atoms with Crippen LogP contribution >= 0.6 is 12.2 Å². The molecule has 3 nitrogen and oxygen atoms in total. The van der Waals surface area contributed by atoms with Crippen LogP contribution < -0.4 is 9.64 Å². The molecule has 2 aromatic rings. The van der Waals surface area contributed by atoms with Crippen molar-refractivity contribution in [3.8, 4) is 5.75 Å². The van der Waals surface area contributed by atoms with Crippen LogP contribution in [0.3, 0.4) is 0 Å². The third-order valence-electron chi connectivity index (χ3n) is 3.67. The number of piperidine rings is 1. The molecule has 106 valence electrons. The molecule has 1 aliphatic rings. The van der Waals surface area contributed by atoms with E-state index in [1.807, 2.05) is 31.2 Å². The van der Waals surface area contributed by atoms with Crippen molar-refractivity contribution in [1.82, 2.24) is 0 Å². The summed E-state index contributed by atoms with van der Waals surface area (Å²) in [5, 5.41) is 0.976. The monoisotopic (exact) mass is 289 g/mol. The Bertz CT molecular complexity index is 659. The molecule has 4 heteroatoms. The normalized spacial score (nSPS) is 15.6. The molecule has 0 unspecified atom stereocenters. The van der Waals surface area contributed by atoms with Gasteiger partial charge in [-0.15, -0.1) is 0 Å². The molecule has 3 rings (SSSR count). The van der Waals surface area contributed by atoms with Crippen molar-refractivity contribution >= 4 is 29.1 Å². The molecule has 0 N–H and O–H groups in total. The van der Waals surface area contributed by atoms with Gasteiger partial charge in [-0.1, -0.05) is 12.2 Å². The van der Waals surface area contributed by atoms with Crippen molar-refractivity contribution in [3.63, 3.8) is 0 Å². The smallest absolute Gasteiger partial charge is 0.197 e. The van der Waals surface area contributed by atoms with Gasteiger partial charge in [-0.3, -0.25) is 0 Å². The van der Waals surface area contributed by atoms with Crippen molar-refractivity contribution in [3.05, 3.63) is 28.8 Å². The third-order valence-corrected chi connectivity index (χ3v) is 4.00. The molecule has 1 fully saturated rings. The highest BCUT2D eigenvalue weighted by molar-refractivity contribution is 7.71. The van der Waals surface area contributed by atoms with E-state index in [-0.39, 0.29) is 0 Å². The minimum atomic E-state index is 0.651. The Kier molecular flexibility index (Phi) is 3.92. The van der Waals surface area contributed by atoms with E-state index in [2.05, 4.69) is 4.90 Å². The van der Waals surface area contributed by atoms with Gasteiger partial charge in [-0.05, 0) is 38.3 Å². The molecule has 0 atom stereocenters. The van der Waals surface area contributed by atoms with Gasteiger partial charge in [0.1, 0.15) is 11.3 Å². The lowest BCUT2D eigenvalue weighted by Gasteiger charge is -2.27. The molecule has 20 heavy (non-hydrogen) atoms. The Morgan fingerprint density at radius 1 is 1.20 bits per heavy atom. The molecule has 0 aliphatic carbocycles. The molecule has 1 saturated heterocycles. The summed E-state index contributed by atoms with van der Waals surface area (Å²) in [6.45, 7) is 4.73. The second-order valence-electron chi connectivity index (χ2n) is 5.09. The zero-order chi connectivity index (χ0) is 13.9. The summed E-state index contributed by atoms with van der Waals surface area (Å²) in [4.78, 5) is 2.28. The van der Waals surface area contributed by atoms with Crippen LogP contribution in [0.15, 0.2) is 28.7 Å². The van der Waals surface area contributed by atoms with Gasteiger partial charge in [0.15, 0.2) is 5.88 Å². The summed E-state index contributed by atoms with van der Waals surface area (Å²) in [7, 11) is 0. The van der Waals surface area contributed by atoms with Gasteiger partial charge in [-0.2, -0.15) is 0 Å². The number of hydrogen-bond acceptors (Lipinski definition) is 4. The van der Waals surface area contributed by atoms with Crippen LogP contribution in [0.4, 0.5) is 5.88 Å². The number of fused-ring (bicyclic) bond motifs is 1. The van der Waals surface area contributed by atoms with Gasteiger partial charge in [0.2, 0.25) is 0 Å². The van der Waals surface area contributed by atoms with Crippen LogP contribution in [0.5, 0.6) is 5.75 Å².